The van der Waals surface area contributed by atoms with Crippen LogP contribution in [0.15, 0.2) is 54.7 Å². The molecule has 166 valence electrons. The van der Waals surface area contributed by atoms with E-state index in [-0.39, 0.29) is 17.1 Å². The number of carbonyl (C=O) groups excluding carboxylic acids is 2. The summed E-state index contributed by atoms with van der Waals surface area (Å²) >= 11 is 5.65. The molecule has 1 aromatic heterocycles. The Labute approximate surface area is 185 Å². The number of aromatic nitrogens is 1. The molecule has 0 aliphatic heterocycles. The van der Waals surface area contributed by atoms with Crippen molar-refractivity contribution in [3.05, 3.63) is 76.6 Å². The fourth-order valence-corrected chi connectivity index (χ4v) is 3.17. The van der Waals surface area contributed by atoms with Gasteiger partial charge in [0, 0.05) is 11.8 Å². The lowest BCUT2D eigenvalue weighted by atomic mass is 10.1. The monoisotopic (exact) mass is 464 g/mol. The number of alkyl halides is 3. The lowest BCUT2D eigenvalue weighted by Gasteiger charge is -2.22. The molecule has 0 aliphatic rings. The molecule has 0 unspecified atom stereocenters. The standard InChI is InChI=1S/C21H16ClF3N4O3/c1-11-17(8-9-28-18(11)19(26)30)32-14-5-2-12(3-6-14)29(20(27)31)13-4-7-16(22)15(10-13)21(23,24)25/h2-10H,1H3,(H2,26,30)(H2,27,31). The van der Waals surface area contributed by atoms with Gasteiger partial charge in [-0.05, 0) is 55.5 Å². The number of carbonyl (C=O) groups is 2. The van der Waals surface area contributed by atoms with E-state index in [0.717, 1.165) is 17.0 Å². The van der Waals surface area contributed by atoms with Crippen LogP contribution in [-0.4, -0.2) is 16.9 Å². The maximum atomic E-state index is 13.2. The molecule has 0 spiro atoms. The van der Waals surface area contributed by atoms with Crippen molar-refractivity contribution in [3.63, 3.8) is 0 Å². The Bertz CT molecular complexity index is 1180. The number of pyridine rings is 1. The molecule has 0 atom stereocenters. The molecule has 32 heavy (non-hydrogen) atoms. The second-order valence-electron chi connectivity index (χ2n) is 6.58. The highest BCUT2D eigenvalue weighted by molar-refractivity contribution is 6.31. The molecule has 0 radical (unpaired) electrons. The van der Waals surface area contributed by atoms with Crippen LogP contribution in [0.5, 0.6) is 11.5 Å². The van der Waals surface area contributed by atoms with Gasteiger partial charge in [0.15, 0.2) is 0 Å². The third-order valence-electron chi connectivity index (χ3n) is 4.44. The van der Waals surface area contributed by atoms with Gasteiger partial charge in [0.1, 0.15) is 17.2 Å². The topological polar surface area (TPSA) is 112 Å². The maximum Gasteiger partial charge on any atom is 0.417 e. The minimum Gasteiger partial charge on any atom is -0.457 e. The lowest BCUT2D eigenvalue weighted by Crippen LogP contribution is -2.31. The van der Waals surface area contributed by atoms with Crippen LogP contribution in [0.1, 0.15) is 21.6 Å². The van der Waals surface area contributed by atoms with Gasteiger partial charge in [0.25, 0.3) is 5.91 Å². The molecule has 0 aliphatic carbocycles. The number of amides is 3. The SMILES string of the molecule is Cc1c(Oc2ccc(N(C(N)=O)c3ccc(Cl)c(C(F)(F)F)c3)cc2)ccnc1C(N)=O. The van der Waals surface area contributed by atoms with Gasteiger partial charge in [-0.2, -0.15) is 13.2 Å². The molecule has 7 nitrogen and oxygen atoms in total. The fourth-order valence-electron chi connectivity index (χ4n) is 2.94. The van der Waals surface area contributed by atoms with Crippen LogP contribution in [0.2, 0.25) is 5.02 Å². The molecular formula is C21H16ClF3N4O3. The average molecular weight is 465 g/mol. The number of ether oxygens (including phenoxy) is 1. The van der Waals surface area contributed by atoms with Crippen LogP contribution >= 0.6 is 11.6 Å². The number of anilines is 2. The van der Waals surface area contributed by atoms with Crippen molar-refractivity contribution in [1.82, 2.24) is 4.98 Å². The van der Waals surface area contributed by atoms with E-state index >= 15 is 0 Å². The zero-order chi connectivity index (χ0) is 23.6. The maximum absolute atomic E-state index is 13.2. The van der Waals surface area contributed by atoms with Crippen LogP contribution in [0.4, 0.5) is 29.3 Å². The zero-order valence-electron chi connectivity index (χ0n) is 16.5. The predicted octanol–water partition coefficient (Wildman–Crippen LogP) is 5.17. The van der Waals surface area contributed by atoms with Gasteiger partial charge < -0.3 is 16.2 Å². The van der Waals surface area contributed by atoms with Crippen molar-refractivity contribution in [2.75, 3.05) is 4.90 Å². The van der Waals surface area contributed by atoms with E-state index in [1.165, 1.54) is 42.6 Å². The van der Waals surface area contributed by atoms with Crippen LogP contribution < -0.4 is 21.1 Å². The molecule has 0 saturated heterocycles. The molecule has 3 amide bonds. The Kier molecular flexibility index (Phi) is 6.26. The molecule has 0 bridgehead atoms. The average Bonchev–Trinajstić information content (AvgIpc) is 2.71. The number of nitrogens with two attached hydrogens (primary N) is 2. The molecule has 1 heterocycles. The summed E-state index contributed by atoms with van der Waals surface area (Å²) in [4.78, 5) is 28.2. The minimum atomic E-state index is -4.71. The fraction of sp³-hybridized carbons (Fsp3) is 0.0952. The van der Waals surface area contributed by atoms with Crippen LogP contribution in [0.3, 0.4) is 0 Å². The quantitative estimate of drug-likeness (QED) is 0.542. The van der Waals surface area contributed by atoms with Gasteiger partial charge in [-0.25, -0.2) is 4.79 Å². The Morgan fingerprint density at radius 2 is 1.66 bits per heavy atom. The molecule has 3 rings (SSSR count). The van der Waals surface area contributed by atoms with Gasteiger partial charge in [-0.3, -0.25) is 14.7 Å². The number of halogens is 4. The molecule has 11 heteroatoms. The third kappa shape index (κ3) is 4.75. The summed E-state index contributed by atoms with van der Waals surface area (Å²) in [6.45, 7) is 1.62. The van der Waals surface area contributed by atoms with Crippen molar-refractivity contribution in [3.8, 4) is 11.5 Å². The summed E-state index contributed by atoms with van der Waals surface area (Å²) < 4.78 is 45.3. The minimum absolute atomic E-state index is 0.0576. The number of benzene rings is 2. The predicted molar refractivity (Wildman–Crippen MR) is 112 cm³/mol. The first-order chi connectivity index (χ1) is 15.0. The lowest BCUT2D eigenvalue weighted by molar-refractivity contribution is -0.137. The summed E-state index contributed by atoms with van der Waals surface area (Å²) in [7, 11) is 0. The zero-order valence-corrected chi connectivity index (χ0v) is 17.2. The first kappa shape index (κ1) is 22.9. The number of primary amides is 2. The highest BCUT2D eigenvalue weighted by Crippen LogP contribution is 2.38. The van der Waals surface area contributed by atoms with Gasteiger partial charge in [0.2, 0.25) is 0 Å². The molecule has 3 aromatic rings. The second kappa shape index (κ2) is 8.75. The molecule has 0 fully saturated rings. The van der Waals surface area contributed by atoms with E-state index in [1.807, 2.05) is 0 Å². The summed E-state index contributed by atoms with van der Waals surface area (Å²) in [6.07, 6.45) is -3.34. The Morgan fingerprint density at radius 1 is 1.03 bits per heavy atom. The largest absolute Gasteiger partial charge is 0.457 e. The highest BCUT2D eigenvalue weighted by Gasteiger charge is 2.34. The number of nitrogens with zero attached hydrogens (tertiary/aromatic N) is 2. The number of hydrogen-bond donors (Lipinski definition) is 2. The van der Waals surface area contributed by atoms with E-state index < -0.39 is 28.7 Å². The second-order valence-corrected chi connectivity index (χ2v) is 6.99. The summed E-state index contributed by atoms with van der Waals surface area (Å²) in [6, 6.07) is 9.41. The van der Waals surface area contributed by atoms with Crippen molar-refractivity contribution < 1.29 is 27.5 Å². The molecule has 2 aromatic carbocycles. The Balaban J connectivity index is 1.92. The first-order valence-electron chi connectivity index (χ1n) is 8.98. The van der Waals surface area contributed by atoms with Crippen molar-refractivity contribution in [2.45, 2.75) is 13.1 Å². The van der Waals surface area contributed by atoms with Crippen LogP contribution in [-0.2, 0) is 6.18 Å². The van der Waals surface area contributed by atoms with Crippen LogP contribution in [0, 0.1) is 6.92 Å². The van der Waals surface area contributed by atoms with Crippen molar-refractivity contribution in [1.29, 1.82) is 0 Å². The number of hydrogen-bond acceptors (Lipinski definition) is 4. The Morgan fingerprint density at radius 3 is 2.22 bits per heavy atom. The van der Waals surface area contributed by atoms with Crippen molar-refractivity contribution in [2.24, 2.45) is 11.5 Å². The molecule has 0 saturated carbocycles. The first-order valence-corrected chi connectivity index (χ1v) is 9.36. The smallest absolute Gasteiger partial charge is 0.417 e. The third-order valence-corrected chi connectivity index (χ3v) is 4.77. The normalized spacial score (nSPS) is 11.2. The van der Waals surface area contributed by atoms with Crippen LogP contribution in [0.25, 0.3) is 0 Å². The van der Waals surface area contributed by atoms with E-state index in [4.69, 9.17) is 27.8 Å². The number of urea groups is 1. The van der Waals surface area contributed by atoms with Gasteiger partial charge in [0.05, 0.1) is 22.0 Å². The molecule has 4 N–H and O–H groups in total. The number of rotatable bonds is 5. The summed E-state index contributed by atoms with van der Waals surface area (Å²) in [5.74, 6) is -0.0441. The molecular weight excluding hydrogens is 449 g/mol. The van der Waals surface area contributed by atoms with E-state index in [1.54, 1.807) is 6.92 Å². The summed E-state index contributed by atoms with van der Waals surface area (Å²) in [5.41, 5.74) is 10.2. The highest BCUT2D eigenvalue weighted by atomic mass is 35.5. The van der Waals surface area contributed by atoms with Gasteiger partial charge >= 0.3 is 12.2 Å². The van der Waals surface area contributed by atoms with Gasteiger partial charge in [-0.1, -0.05) is 11.6 Å². The van der Waals surface area contributed by atoms with E-state index in [0.29, 0.717) is 17.1 Å². The van der Waals surface area contributed by atoms with Gasteiger partial charge in [-0.15, -0.1) is 0 Å². The van der Waals surface area contributed by atoms with E-state index in [2.05, 4.69) is 4.98 Å². The summed E-state index contributed by atoms with van der Waals surface area (Å²) in [5, 5.41) is -0.502. The Hall–Kier alpha value is -3.79. The van der Waals surface area contributed by atoms with Crippen molar-refractivity contribution >= 4 is 34.9 Å². The van der Waals surface area contributed by atoms with E-state index in [9.17, 15) is 22.8 Å².